The molecular weight excluding hydrogens is 470 g/mol. The van der Waals surface area contributed by atoms with E-state index in [2.05, 4.69) is 42.5 Å². The van der Waals surface area contributed by atoms with Crippen LogP contribution in [0, 0.1) is 11.6 Å². The van der Waals surface area contributed by atoms with E-state index < -0.39 is 17.0 Å². The molecule has 198 valence electrons. The normalized spacial score (nSPS) is 18.1. The lowest BCUT2D eigenvalue weighted by Gasteiger charge is -2.28. The Morgan fingerprint density at radius 3 is 2.68 bits per heavy atom. The summed E-state index contributed by atoms with van der Waals surface area (Å²) in [5, 5.41) is 0. The Morgan fingerprint density at radius 2 is 1.97 bits per heavy atom. The highest BCUT2D eigenvalue weighted by Gasteiger charge is 2.31. The monoisotopic (exact) mass is 508 g/mol. The van der Waals surface area contributed by atoms with Crippen LogP contribution in [0.25, 0.3) is 5.57 Å². The molecule has 3 rings (SSSR count). The van der Waals surface area contributed by atoms with Crippen LogP contribution in [0.5, 0.6) is 5.75 Å². The van der Waals surface area contributed by atoms with Crippen LogP contribution in [0.1, 0.15) is 70.2 Å². The Hall–Kier alpha value is -3.12. The van der Waals surface area contributed by atoms with Crippen LogP contribution in [0.15, 0.2) is 73.6 Å². The van der Waals surface area contributed by atoms with Crippen LogP contribution in [0.4, 0.5) is 8.78 Å². The molecule has 0 spiro atoms. The number of hydrogen-bond donors (Lipinski definition) is 0. The van der Waals surface area contributed by atoms with E-state index in [9.17, 15) is 8.78 Å². The van der Waals surface area contributed by atoms with Gasteiger partial charge in [0.1, 0.15) is 12.4 Å². The number of nitrogens with zero attached hydrogens (tertiary/aromatic N) is 2. The molecule has 0 bridgehead atoms. The molecule has 0 saturated carbocycles. The maximum Gasteiger partial charge on any atom is 0.166 e. The third kappa shape index (κ3) is 8.19. The Labute approximate surface area is 219 Å². The summed E-state index contributed by atoms with van der Waals surface area (Å²) in [5.74, 6) is -0.514. The summed E-state index contributed by atoms with van der Waals surface area (Å²) in [5.41, 5.74) is 0.295. The van der Waals surface area contributed by atoms with Crippen LogP contribution in [-0.4, -0.2) is 29.3 Å². The minimum absolute atomic E-state index is 0.242. The zero-order valence-corrected chi connectivity index (χ0v) is 22.0. The number of ether oxygens (including phenoxy) is 2. The van der Waals surface area contributed by atoms with Crippen molar-refractivity contribution in [2.24, 2.45) is 0 Å². The molecule has 1 aliphatic carbocycles. The molecule has 1 heterocycles. The van der Waals surface area contributed by atoms with Crippen molar-refractivity contribution in [3.63, 3.8) is 0 Å². The minimum atomic E-state index is -0.856. The summed E-state index contributed by atoms with van der Waals surface area (Å²) in [4.78, 5) is 9.15. The summed E-state index contributed by atoms with van der Waals surface area (Å²) in [6, 6.07) is 4.23. The van der Waals surface area contributed by atoms with Crippen molar-refractivity contribution in [1.82, 2.24) is 9.97 Å². The van der Waals surface area contributed by atoms with Crippen LogP contribution < -0.4 is 4.74 Å². The van der Waals surface area contributed by atoms with E-state index in [0.29, 0.717) is 30.2 Å². The van der Waals surface area contributed by atoms with E-state index in [1.54, 1.807) is 24.5 Å². The Balaban J connectivity index is 1.71. The zero-order valence-electron chi connectivity index (χ0n) is 22.0. The third-order valence-corrected chi connectivity index (χ3v) is 6.44. The number of benzene rings is 1. The molecule has 2 atom stereocenters. The zero-order chi connectivity index (χ0) is 26.5. The maximum atomic E-state index is 14.4. The van der Waals surface area contributed by atoms with Crippen molar-refractivity contribution in [2.45, 2.75) is 70.3 Å². The van der Waals surface area contributed by atoms with Gasteiger partial charge in [-0.1, -0.05) is 74.9 Å². The molecule has 0 saturated heterocycles. The number of rotatable bonds is 15. The van der Waals surface area contributed by atoms with Crippen molar-refractivity contribution < 1.29 is 18.3 Å². The van der Waals surface area contributed by atoms with Crippen LogP contribution in [0.2, 0.25) is 0 Å². The highest BCUT2D eigenvalue weighted by Crippen LogP contribution is 2.37. The van der Waals surface area contributed by atoms with Gasteiger partial charge in [0.05, 0.1) is 23.9 Å². The molecule has 0 aliphatic heterocycles. The fourth-order valence-corrected chi connectivity index (χ4v) is 4.27. The average Bonchev–Trinajstić information content (AvgIpc) is 2.92. The topological polar surface area (TPSA) is 44.2 Å². The quantitative estimate of drug-likeness (QED) is 0.181. The summed E-state index contributed by atoms with van der Waals surface area (Å²) >= 11 is 0. The van der Waals surface area contributed by atoms with Gasteiger partial charge in [-0.2, -0.15) is 0 Å². The van der Waals surface area contributed by atoms with Gasteiger partial charge in [0, 0.05) is 12.2 Å². The van der Waals surface area contributed by atoms with Gasteiger partial charge in [-0.05, 0) is 50.7 Å². The molecule has 0 radical (unpaired) electrons. The molecule has 1 aliphatic rings. The molecule has 0 fully saturated rings. The lowest BCUT2D eigenvalue weighted by atomic mass is 9.77. The van der Waals surface area contributed by atoms with Gasteiger partial charge >= 0.3 is 0 Å². The molecular formula is C31H38F2N2O2. The second kappa shape index (κ2) is 14.6. The smallest absolute Gasteiger partial charge is 0.166 e. The molecule has 1 aromatic carbocycles. The fraction of sp³-hybridized carbons (Fsp3) is 0.419. The van der Waals surface area contributed by atoms with E-state index in [0.717, 1.165) is 38.4 Å². The highest BCUT2D eigenvalue weighted by molar-refractivity contribution is 5.76. The average molecular weight is 509 g/mol. The first-order valence-electron chi connectivity index (χ1n) is 13.2. The summed E-state index contributed by atoms with van der Waals surface area (Å²) in [6.45, 7) is 9.17. The lowest BCUT2D eigenvalue weighted by Crippen LogP contribution is -2.25. The number of unbranched alkanes of at least 4 members (excludes halogenated alkanes) is 3. The van der Waals surface area contributed by atoms with E-state index in [4.69, 9.17) is 9.47 Å². The molecule has 6 heteroatoms. The lowest BCUT2D eigenvalue weighted by molar-refractivity contribution is 0.0566. The van der Waals surface area contributed by atoms with E-state index >= 15 is 0 Å². The van der Waals surface area contributed by atoms with E-state index in [-0.39, 0.29) is 11.7 Å². The van der Waals surface area contributed by atoms with Crippen molar-refractivity contribution in [1.29, 1.82) is 0 Å². The van der Waals surface area contributed by atoms with Gasteiger partial charge in [-0.15, -0.1) is 0 Å². The predicted octanol–water partition coefficient (Wildman–Crippen LogP) is 7.92. The summed E-state index contributed by atoms with van der Waals surface area (Å²) in [6.07, 6.45) is 22.1. The summed E-state index contributed by atoms with van der Waals surface area (Å²) < 4.78 is 39.6. The molecule has 2 aromatic rings. The second-order valence-electron chi connectivity index (χ2n) is 9.40. The fourth-order valence-electron chi connectivity index (χ4n) is 4.27. The van der Waals surface area contributed by atoms with Crippen molar-refractivity contribution in [2.75, 3.05) is 13.2 Å². The van der Waals surface area contributed by atoms with Gasteiger partial charge in [0.2, 0.25) is 0 Å². The standard InChI is InChI=1S/C31H38F2N2O2/c1-4-6-10-21-36-24(3)12-8-7-9-17-31(30-34-22-26(23-35-30)37-20-5-2)18-15-25(16-19-31)27-13-11-14-28(32)29(27)33/h5,9,11,13-18,22-24H,2,4,6-8,10,12,19-21H2,1,3H3/b17-9+. The van der Waals surface area contributed by atoms with Crippen LogP contribution >= 0.6 is 0 Å². The number of halogens is 2. The predicted molar refractivity (Wildman–Crippen MR) is 145 cm³/mol. The van der Waals surface area contributed by atoms with Gasteiger partial charge < -0.3 is 9.47 Å². The maximum absolute atomic E-state index is 14.4. The largest absolute Gasteiger partial charge is 0.486 e. The highest BCUT2D eigenvalue weighted by atomic mass is 19.2. The van der Waals surface area contributed by atoms with Crippen LogP contribution in [0.3, 0.4) is 0 Å². The van der Waals surface area contributed by atoms with E-state index in [1.165, 1.54) is 18.9 Å². The van der Waals surface area contributed by atoms with Crippen molar-refractivity contribution >= 4 is 5.57 Å². The van der Waals surface area contributed by atoms with Gasteiger partial charge in [0.25, 0.3) is 0 Å². The molecule has 2 unspecified atom stereocenters. The van der Waals surface area contributed by atoms with Gasteiger partial charge in [-0.3, -0.25) is 0 Å². The SMILES string of the molecule is C=CCOc1cnc(C2(/C=C/CCCC(C)OCCCCC)C=CC(c3cccc(F)c3F)=CC2)nc1. The third-order valence-electron chi connectivity index (χ3n) is 6.44. The second-order valence-corrected chi connectivity index (χ2v) is 9.40. The first-order chi connectivity index (χ1) is 18.0. The molecule has 0 N–H and O–H groups in total. The van der Waals surface area contributed by atoms with Gasteiger partial charge in [-0.25, -0.2) is 18.7 Å². The van der Waals surface area contributed by atoms with E-state index in [1.807, 2.05) is 18.2 Å². The van der Waals surface area contributed by atoms with Crippen molar-refractivity contribution in [3.8, 4) is 5.75 Å². The first kappa shape index (κ1) is 28.5. The Bertz CT molecular complexity index is 1090. The summed E-state index contributed by atoms with van der Waals surface area (Å²) in [7, 11) is 0. The number of aromatic nitrogens is 2. The number of hydrogen-bond acceptors (Lipinski definition) is 4. The van der Waals surface area contributed by atoms with Crippen LogP contribution in [-0.2, 0) is 10.2 Å². The Morgan fingerprint density at radius 1 is 1.16 bits per heavy atom. The molecule has 1 aromatic heterocycles. The van der Waals surface area contributed by atoms with Crippen molar-refractivity contribution in [3.05, 3.63) is 96.7 Å². The Kier molecular flexibility index (Phi) is 11.2. The minimum Gasteiger partial charge on any atom is -0.486 e. The molecule has 0 amide bonds. The first-order valence-corrected chi connectivity index (χ1v) is 13.2. The van der Waals surface area contributed by atoms with Gasteiger partial charge in [0.15, 0.2) is 17.4 Å². The molecule has 4 nitrogen and oxygen atoms in total. The molecule has 37 heavy (non-hydrogen) atoms. The number of allylic oxidation sites excluding steroid dienone is 6.